The van der Waals surface area contributed by atoms with E-state index in [-0.39, 0.29) is 35.8 Å². The molecule has 1 aliphatic heterocycles. The summed E-state index contributed by atoms with van der Waals surface area (Å²) in [5, 5.41) is 6.83. The minimum atomic E-state index is 0. The summed E-state index contributed by atoms with van der Waals surface area (Å²) in [5.74, 6) is 1.18. The van der Waals surface area contributed by atoms with Gasteiger partial charge in [-0.3, -0.25) is 4.79 Å². The van der Waals surface area contributed by atoms with Crippen molar-refractivity contribution in [3.8, 4) is 0 Å². The van der Waals surface area contributed by atoms with Gasteiger partial charge in [0.1, 0.15) is 0 Å². The number of halogens is 2. The van der Waals surface area contributed by atoms with E-state index in [1.165, 1.54) is 5.56 Å². The van der Waals surface area contributed by atoms with Crippen LogP contribution in [0.3, 0.4) is 0 Å². The summed E-state index contributed by atoms with van der Waals surface area (Å²) in [6, 6.07) is 8.58. The number of rotatable bonds is 5. The average Bonchev–Trinajstić information content (AvgIpc) is 2.61. The SMILES string of the molecule is CCNC(=NCc1ccc(Br)cc1)NC1CCN(C(=O)C(C)C)CC1.I. The number of nitrogens with zero attached hydrogens (tertiary/aromatic N) is 2. The molecule has 146 valence electrons. The van der Waals surface area contributed by atoms with E-state index in [1.54, 1.807) is 0 Å². The molecule has 0 radical (unpaired) electrons. The topological polar surface area (TPSA) is 56.7 Å². The molecular weight excluding hydrogens is 507 g/mol. The zero-order chi connectivity index (χ0) is 18.2. The summed E-state index contributed by atoms with van der Waals surface area (Å²) >= 11 is 3.45. The second-order valence-electron chi connectivity index (χ2n) is 6.72. The molecule has 0 aliphatic carbocycles. The lowest BCUT2D eigenvalue weighted by molar-refractivity contribution is -0.135. The number of benzene rings is 1. The number of guanidine groups is 1. The maximum atomic E-state index is 12.1. The Hall–Kier alpha value is -0.830. The molecular formula is C19H30BrIN4O. The Kier molecular flexibility index (Phi) is 10.5. The Balaban J connectivity index is 0.00000338. The molecule has 1 aliphatic rings. The van der Waals surface area contributed by atoms with E-state index in [2.05, 4.69) is 50.6 Å². The summed E-state index contributed by atoms with van der Waals surface area (Å²) in [5.41, 5.74) is 1.18. The Morgan fingerprint density at radius 2 is 1.88 bits per heavy atom. The largest absolute Gasteiger partial charge is 0.357 e. The van der Waals surface area contributed by atoms with Crippen molar-refractivity contribution >= 4 is 51.8 Å². The molecule has 2 N–H and O–H groups in total. The number of hydrogen-bond acceptors (Lipinski definition) is 2. The average molecular weight is 537 g/mol. The van der Waals surface area contributed by atoms with Crippen LogP contribution in [0.2, 0.25) is 0 Å². The molecule has 7 heteroatoms. The lowest BCUT2D eigenvalue weighted by Gasteiger charge is -2.34. The highest BCUT2D eigenvalue weighted by Crippen LogP contribution is 2.14. The molecule has 0 atom stereocenters. The molecule has 0 unspecified atom stereocenters. The highest BCUT2D eigenvalue weighted by atomic mass is 127. The van der Waals surface area contributed by atoms with Crippen LogP contribution in [0, 0.1) is 5.92 Å². The number of amides is 1. The van der Waals surface area contributed by atoms with Crippen LogP contribution in [0.5, 0.6) is 0 Å². The van der Waals surface area contributed by atoms with Crippen molar-refractivity contribution in [2.75, 3.05) is 19.6 Å². The summed E-state index contributed by atoms with van der Waals surface area (Å²) < 4.78 is 1.08. The van der Waals surface area contributed by atoms with Gasteiger partial charge in [-0.2, -0.15) is 0 Å². The van der Waals surface area contributed by atoms with Crippen LogP contribution in [0.1, 0.15) is 39.2 Å². The van der Waals surface area contributed by atoms with Crippen molar-refractivity contribution in [3.63, 3.8) is 0 Å². The molecule has 2 rings (SSSR count). The van der Waals surface area contributed by atoms with E-state index in [0.717, 1.165) is 42.9 Å². The number of hydrogen-bond donors (Lipinski definition) is 2. The number of carbonyl (C=O) groups excluding carboxylic acids is 1. The zero-order valence-corrected chi connectivity index (χ0v) is 19.7. The Labute approximate surface area is 182 Å². The molecule has 1 saturated heterocycles. The van der Waals surface area contributed by atoms with Crippen molar-refractivity contribution < 1.29 is 4.79 Å². The number of carbonyl (C=O) groups is 1. The van der Waals surface area contributed by atoms with Gasteiger partial charge in [-0.05, 0) is 37.5 Å². The molecule has 1 aromatic rings. The molecule has 5 nitrogen and oxygen atoms in total. The van der Waals surface area contributed by atoms with E-state index in [1.807, 2.05) is 30.9 Å². The van der Waals surface area contributed by atoms with Gasteiger partial charge < -0.3 is 15.5 Å². The molecule has 1 amide bonds. The third-order valence-electron chi connectivity index (χ3n) is 4.32. The van der Waals surface area contributed by atoms with Crippen LogP contribution in [-0.4, -0.2) is 42.4 Å². The lowest BCUT2D eigenvalue weighted by Crippen LogP contribution is -2.50. The highest BCUT2D eigenvalue weighted by Gasteiger charge is 2.24. The second-order valence-corrected chi connectivity index (χ2v) is 7.64. The molecule has 1 fully saturated rings. The maximum absolute atomic E-state index is 12.1. The molecule has 1 heterocycles. The fourth-order valence-electron chi connectivity index (χ4n) is 2.88. The molecule has 1 aromatic carbocycles. The summed E-state index contributed by atoms with van der Waals surface area (Å²) in [6.45, 7) is 9.11. The maximum Gasteiger partial charge on any atom is 0.225 e. The van der Waals surface area contributed by atoms with Crippen LogP contribution in [0.25, 0.3) is 0 Å². The molecule has 26 heavy (non-hydrogen) atoms. The summed E-state index contributed by atoms with van der Waals surface area (Å²) in [4.78, 5) is 18.7. The number of aliphatic imine (C=N–C) groups is 1. The van der Waals surface area contributed by atoms with E-state index < -0.39 is 0 Å². The van der Waals surface area contributed by atoms with Crippen molar-refractivity contribution in [3.05, 3.63) is 34.3 Å². The van der Waals surface area contributed by atoms with Gasteiger partial charge in [0, 0.05) is 36.1 Å². The monoisotopic (exact) mass is 536 g/mol. The zero-order valence-electron chi connectivity index (χ0n) is 15.8. The van der Waals surface area contributed by atoms with E-state index in [0.29, 0.717) is 12.6 Å². The van der Waals surface area contributed by atoms with Gasteiger partial charge in [-0.15, -0.1) is 24.0 Å². The minimum absolute atomic E-state index is 0. The van der Waals surface area contributed by atoms with Gasteiger partial charge in [-0.25, -0.2) is 4.99 Å². The fraction of sp³-hybridized carbons (Fsp3) is 0.579. The Morgan fingerprint density at radius 3 is 2.42 bits per heavy atom. The normalized spacial score (nSPS) is 15.6. The smallest absolute Gasteiger partial charge is 0.225 e. The quantitative estimate of drug-likeness (QED) is 0.342. The van der Waals surface area contributed by atoms with Gasteiger partial charge >= 0.3 is 0 Å². The second kappa shape index (κ2) is 11.8. The highest BCUT2D eigenvalue weighted by molar-refractivity contribution is 14.0. The first-order chi connectivity index (χ1) is 12.0. The van der Waals surface area contributed by atoms with E-state index in [9.17, 15) is 4.79 Å². The van der Waals surface area contributed by atoms with Crippen LogP contribution in [0.4, 0.5) is 0 Å². The van der Waals surface area contributed by atoms with Gasteiger partial charge in [0.15, 0.2) is 5.96 Å². The van der Waals surface area contributed by atoms with Gasteiger partial charge in [0.05, 0.1) is 6.54 Å². The van der Waals surface area contributed by atoms with Gasteiger partial charge in [0.2, 0.25) is 5.91 Å². The first-order valence-corrected chi connectivity index (χ1v) is 9.87. The first-order valence-electron chi connectivity index (χ1n) is 9.07. The van der Waals surface area contributed by atoms with Crippen LogP contribution in [0.15, 0.2) is 33.7 Å². The Morgan fingerprint density at radius 1 is 1.27 bits per heavy atom. The lowest BCUT2D eigenvalue weighted by atomic mass is 10.0. The summed E-state index contributed by atoms with van der Waals surface area (Å²) in [7, 11) is 0. The van der Waals surface area contributed by atoms with Gasteiger partial charge in [-0.1, -0.05) is 41.9 Å². The Bertz CT molecular complexity index is 584. The number of likely N-dealkylation sites (tertiary alicyclic amines) is 1. The van der Waals surface area contributed by atoms with Gasteiger partial charge in [0.25, 0.3) is 0 Å². The van der Waals surface area contributed by atoms with Crippen molar-refractivity contribution in [1.29, 1.82) is 0 Å². The van der Waals surface area contributed by atoms with Crippen molar-refractivity contribution in [2.45, 2.75) is 46.2 Å². The van der Waals surface area contributed by atoms with Crippen LogP contribution >= 0.6 is 39.9 Å². The minimum Gasteiger partial charge on any atom is -0.357 e. The number of piperidine rings is 1. The first kappa shape index (κ1) is 23.2. The molecule has 0 bridgehead atoms. The predicted molar refractivity (Wildman–Crippen MR) is 122 cm³/mol. The fourth-order valence-corrected chi connectivity index (χ4v) is 3.15. The third kappa shape index (κ3) is 7.42. The van der Waals surface area contributed by atoms with E-state index in [4.69, 9.17) is 0 Å². The number of nitrogens with one attached hydrogen (secondary N) is 2. The summed E-state index contributed by atoms with van der Waals surface area (Å²) in [6.07, 6.45) is 1.92. The van der Waals surface area contributed by atoms with E-state index >= 15 is 0 Å². The van der Waals surface area contributed by atoms with Crippen molar-refractivity contribution in [1.82, 2.24) is 15.5 Å². The molecule has 0 saturated carbocycles. The van der Waals surface area contributed by atoms with Crippen molar-refractivity contribution in [2.24, 2.45) is 10.9 Å². The van der Waals surface area contributed by atoms with Crippen LogP contribution in [-0.2, 0) is 11.3 Å². The molecule has 0 spiro atoms. The predicted octanol–water partition coefficient (Wildman–Crippen LogP) is 3.77. The third-order valence-corrected chi connectivity index (χ3v) is 4.85. The molecule has 0 aromatic heterocycles. The standard InChI is InChI=1S/C19H29BrN4O.HI/c1-4-21-19(22-13-15-5-7-16(20)8-6-15)23-17-9-11-24(12-10-17)18(25)14(2)3;/h5-8,14,17H,4,9-13H2,1-3H3,(H2,21,22,23);1H. The van der Waals surface area contributed by atoms with Crippen LogP contribution < -0.4 is 10.6 Å².